The molecule has 2 aromatic heterocycles. The third-order valence-corrected chi connectivity index (χ3v) is 7.12. The van der Waals surface area contributed by atoms with Gasteiger partial charge in [-0.3, -0.25) is 14.3 Å². The van der Waals surface area contributed by atoms with Crippen molar-refractivity contribution in [2.75, 3.05) is 18.5 Å². The second-order valence-electron chi connectivity index (χ2n) is 11.1. The molecule has 1 saturated carbocycles. The molecule has 3 unspecified atom stereocenters. The van der Waals surface area contributed by atoms with Crippen LogP contribution in [0.3, 0.4) is 0 Å². The van der Waals surface area contributed by atoms with Crippen molar-refractivity contribution in [2.45, 2.75) is 83.1 Å². The first-order valence-electron chi connectivity index (χ1n) is 12.5. The number of hydrogen-bond acceptors (Lipinski definition) is 7. The van der Waals surface area contributed by atoms with Crippen molar-refractivity contribution >= 4 is 17.6 Å². The molecule has 190 valence electrons. The Morgan fingerprint density at radius 2 is 2.00 bits per heavy atom. The average molecular weight is 486 g/mol. The Bertz CT molecular complexity index is 1090. The number of nitrogens with one attached hydrogen (secondary N) is 1. The number of carbonyl (C=O) groups excluding carboxylic acids is 2. The summed E-state index contributed by atoms with van der Waals surface area (Å²) >= 11 is 0. The highest BCUT2D eigenvalue weighted by molar-refractivity contribution is 5.97. The zero-order valence-electron chi connectivity index (χ0n) is 20.8. The van der Waals surface area contributed by atoms with Gasteiger partial charge in [0.05, 0.1) is 17.5 Å². The fourth-order valence-corrected chi connectivity index (χ4v) is 5.11. The summed E-state index contributed by atoms with van der Waals surface area (Å²) in [6.45, 7) is 6.72. The lowest BCUT2D eigenvalue weighted by Crippen LogP contribution is -2.49. The van der Waals surface area contributed by atoms with Crippen molar-refractivity contribution < 1.29 is 19.4 Å². The number of likely N-dealkylation sites (tertiary alicyclic amines) is 1. The van der Waals surface area contributed by atoms with Gasteiger partial charge in [-0.05, 0) is 31.1 Å². The summed E-state index contributed by atoms with van der Waals surface area (Å²) in [5.41, 5.74) is 1.21. The maximum atomic E-state index is 13.9. The van der Waals surface area contributed by atoms with E-state index in [1.807, 2.05) is 33.0 Å². The topological polar surface area (TPSA) is 127 Å². The van der Waals surface area contributed by atoms with Crippen LogP contribution >= 0.6 is 0 Å². The van der Waals surface area contributed by atoms with Crippen molar-refractivity contribution in [1.82, 2.24) is 29.7 Å². The molecule has 5 rings (SSSR count). The summed E-state index contributed by atoms with van der Waals surface area (Å²) in [6.07, 6.45) is 5.27. The van der Waals surface area contributed by atoms with E-state index in [9.17, 15) is 14.7 Å². The average Bonchev–Trinajstić information content (AvgIpc) is 3.19. The molecule has 1 aliphatic carbocycles. The van der Waals surface area contributed by atoms with Gasteiger partial charge in [-0.25, -0.2) is 4.68 Å². The van der Waals surface area contributed by atoms with Gasteiger partial charge in [-0.15, -0.1) is 5.10 Å². The van der Waals surface area contributed by atoms with Gasteiger partial charge >= 0.3 is 0 Å². The van der Waals surface area contributed by atoms with Crippen LogP contribution in [0.4, 0.5) is 5.82 Å². The molecular weight excluding hydrogens is 450 g/mol. The molecule has 11 nitrogen and oxygen atoms in total. The van der Waals surface area contributed by atoms with Gasteiger partial charge in [0.1, 0.15) is 24.0 Å². The number of hydrogen-bond donors (Lipinski definition) is 2. The number of aryl methyl sites for hydroxylation is 1. The van der Waals surface area contributed by atoms with Crippen LogP contribution in [-0.2, 0) is 21.4 Å². The molecule has 0 aromatic carbocycles. The number of anilines is 1. The van der Waals surface area contributed by atoms with Gasteiger partial charge in [0.15, 0.2) is 0 Å². The number of nitrogens with zero attached hydrogens (tertiary/aromatic N) is 6. The van der Waals surface area contributed by atoms with E-state index in [4.69, 9.17) is 4.74 Å². The Balaban J connectivity index is 1.35. The second kappa shape index (κ2) is 9.02. The van der Waals surface area contributed by atoms with Crippen LogP contribution in [0.25, 0.3) is 0 Å². The summed E-state index contributed by atoms with van der Waals surface area (Å²) in [4.78, 5) is 28.7. The number of ether oxygens (including phenoxy) is 1. The van der Waals surface area contributed by atoms with Gasteiger partial charge in [0.25, 0.3) is 0 Å². The lowest BCUT2D eigenvalue weighted by Gasteiger charge is -2.34. The molecule has 4 heterocycles. The molecule has 35 heavy (non-hydrogen) atoms. The Morgan fingerprint density at radius 1 is 1.23 bits per heavy atom. The Labute approximate surface area is 204 Å². The molecule has 0 radical (unpaired) electrons. The van der Waals surface area contributed by atoms with Crippen LogP contribution in [0.5, 0.6) is 0 Å². The van der Waals surface area contributed by atoms with E-state index in [1.54, 1.807) is 16.4 Å². The number of β-amino-alcohol motifs (C(OH)–C–C–N with tert-alkyl or cyclic N) is 1. The first kappa shape index (κ1) is 23.9. The molecular formula is C24H35N7O4. The number of carbonyl (C=O) groups is 2. The highest BCUT2D eigenvalue weighted by atomic mass is 16.5. The molecule has 2 saturated heterocycles. The quantitative estimate of drug-likeness (QED) is 0.640. The van der Waals surface area contributed by atoms with Gasteiger partial charge in [-0.2, -0.15) is 5.10 Å². The van der Waals surface area contributed by atoms with Crippen molar-refractivity contribution in [1.29, 1.82) is 0 Å². The summed E-state index contributed by atoms with van der Waals surface area (Å²) in [5.74, 6) is 0.366. The maximum Gasteiger partial charge on any atom is 0.248 e. The normalized spacial score (nSPS) is 25.7. The first-order valence-corrected chi connectivity index (χ1v) is 12.5. The standard InChI is InChI=1S/C24H35N7O4/c1-24(2,3)21(31-13-17(26-28-31)14-7-8-14)23(34)30-12-15(32)10-18(30)22(33)25-20-11-16(27-29(20)4)19-6-5-9-35-19/h11,13-15,18-19,21,32H,5-10,12H2,1-4H3,(H,25,33)/t15?,18?,19?,21-/m0/s1. The van der Waals surface area contributed by atoms with Crippen molar-refractivity contribution in [3.8, 4) is 0 Å². The van der Waals surface area contributed by atoms with E-state index < -0.39 is 23.6 Å². The van der Waals surface area contributed by atoms with E-state index in [-0.39, 0.29) is 30.9 Å². The SMILES string of the molecule is Cn1nc(C2CCCO2)cc1NC(=O)C1CC(O)CN1C(=O)[C@H](n1cc(C2CC2)nn1)C(C)(C)C. The highest BCUT2D eigenvalue weighted by Crippen LogP contribution is 2.40. The highest BCUT2D eigenvalue weighted by Gasteiger charge is 2.45. The molecule has 2 amide bonds. The Morgan fingerprint density at radius 3 is 2.66 bits per heavy atom. The predicted molar refractivity (Wildman–Crippen MR) is 126 cm³/mol. The summed E-state index contributed by atoms with van der Waals surface area (Å²) in [5, 5.41) is 26.4. The zero-order valence-corrected chi connectivity index (χ0v) is 20.8. The minimum absolute atomic E-state index is 0.0611. The van der Waals surface area contributed by atoms with E-state index in [0.717, 1.165) is 37.1 Å². The van der Waals surface area contributed by atoms with E-state index >= 15 is 0 Å². The summed E-state index contributed by atoms with van der Waals surface area (Å²) < 4.78 is 8.95. The van der Waals surface area contributed by atoms with Crippen LogP contribution in [0.15, 0.2) is 12.3 Å². The third kappa shape index (κ3) is 4.84. The number of amides is 2. The maximum absolute atomic E-state index is 13.9. The third-order valence-electron chi connectivity index (χ3n) is 7.12. The minimum atomic E-state index is -0.796. The van der Waals surface area contributed by atoms with Crippen LogP contribution in [-0.4, -0.2) is 71.9 Å². The first-order chi connectivity index (χ1) is 16.6. The molecule has 0 spiro atoms. The van der Waals surface area contributed by atoms with Crippen LogP contribution < -0.4 is 5.32 Å². The molecule has 2 aromatic rings. The van der Waals surface area contributed by atoms with Gasteiger partial charge in [0.2, 0.25) is 11.8 Å². The molecule has 0 bridgehead atoms. The van der Waals surface area contributed by atoms with Crippen molar-refractivity contribution in [2.24, 2.45) is 12.5 Å². The summed E-state index contributed by atoms with van der Waals surface area (Å²) in [7, 11) is 1.76. The van der Waals surface area contributed by atoms with Crippen molar-refractivity contribution in [3.63, 3.8) is 0 Å². The summed E-state index contributed by atoms with van der Waals surface area (Å²) in [6, 6.07) is 0.374. The fourth-order valence-electron chi connectivity index (χ4n) is 5.11. The number of aliphatic hydroxyl groups excluding tert-OH is 1. The monoisotopic (exact) mass is 485 g/mol. The van der Waals surface area contributed by atoms with Crippen LogP contribution in [0, 0.1) is 5.41 Å². The molecule has 2 aliphatic heterocycles. The minimum Gasteiger partial charge on any atom is -0.391 e. The molecule has 2 N–H and O–H groups in total. The smallest absolute Gasteiger partial charge is 0.248 e. The van der Waals surface area contributed by atoms with Crippen LogP contribution in [0.2, 0.25) is 0 Å². The van der Waals surface area contributed by atoms with E-state index in [1.165, 1.54) is 4.90 Å². The van der Waals surface area contributed by atoms with E-state index in [0.29, 0.717) is 18.3 Å². The van der Waals surface area contributed by atoms with Gasteiger partial charge in [-0.1, -0.05) is 26.0 Å². The number of aliphatic hydroxyl groups is 1. The molecule has 11 heteroatoms. The van der Waals surface area contributed by atoms with E-state index in [2.05, 4.69) is 20.7 Å². The Kier molecular flexibility index (Phi) is 6.16. The zero-order chi connectivity index (χ0) is 24.9. The largest absolute Gasteiger partial charge is 0.391 e. The molecule has 4 atom stereocenters. The number of rotatable bonds is 6. The fraction of sp³-hybridized carbons (Fsp3) is 0.708. The molecule has 3 aliphatic rings. The van der Waals surface area contributed by atoms with Gasteiger partial charge < -0.3 is 20.1 Å². The predicted octanol–water partition coefficient (Wildman–Crippen LogP) is 1.93. The number of aromatic nitrogens is 5. The lowest BCUT2D eigenvalue weighted by molar-refractivity contribution is -0.142. The van der Waals surface area contributed by atoms with Crippen LogP contribution in [0.1, 0.15) is 82.3 Å². The second-order valence-corrected chi connectivity index (χ2v) is 11.1. The Hall–Kier alpha value is -2.79. The lowest BCUT2D eigenvalue weighted by atomic mass is 9.85. The van der Waals surface area contributed by atoms with Gasteiger partial charge in [0, 0.05) is 44.8 Å². The van der Waals surface area contributed by atoms with Crippen molar-refractivity contribution in [3.05, 3.63) is 23.7 Å². The molecule has 3 fully saturated rings.